The van der Waals surface area contributed by atoms with E-state index >= 15 is 0 Å². The third-order valence-electron chi connectivity index (χ3n) is 3.78. The van der Waals surface area contributed by atoms with Crippen LogP contribution in [0.1, 0.15) is 15.9 Å². The van der Waals surface area contributed by atoms with E-state index < -0.39 is 11.6 Å². The van der Waals surface area contributed by atoms with Crippen LogP contribution in [0.25, 0.3) is 0 Å². The van der Waals surface area contributed by atoms with E-state index in [1.807, 2.05) is 0 Å². The SMILES string of the molecule is O=NOC(=O)c1ccnc(N2CC(O)(c3ccc(O)cc3Cl)C2)c1. The second kappa shape index (κ2) is 6.06. The number of aliphatic hydroxyl groups is 1. The Hall–Kier alpha value is -2.71. The Balaban J connectivity index is 1.77. The maximum Gasteiger partial charge on any atom is 0.369 e. The highest BCUT2D eigenvalue weighted by atomic mass is 35.5. The summed E-state index contributed by atoms with van der Waals surface area (Å²) in [5.41, 5.74) is -0.565. The molecule has 2 N–H and O–H groups in total. The topological polar surface area (TPSA) is 112 Å². The summed E-state index contributed by atoms with van der Waals surface area (Å²) in [5.74, 6) is -0.430. The largest absolute Gasteiger partial charge is 0.508 e. The molecule has 0 atom stereocenters. The van der Waals surface area contributed by atoms with E-state index in [0.29, 0.717) is 11.4 Å². The van der Waals surface area contributed by atoms with Gasteiger partial charge in [0, 0.05) is 11.8 Å². The van der Waals surface area contributed by atoms with Crippen LogP contribution in [-0.2, 0) is 10.4 Å². The summed E-state index contributed by atoms with van der Waals surface area (Å²) in [6, 6.07) is 7.19. The Labute approximate surface area is 141 Å². The molecule has 8 nitrogen and oxygen atoms in total. The summed E-state index contributed by atoms with van der Waals surface area (Å²) >= 11 is 6.07. The molecule has 2 heterocycles. The van der Waals surface area contributed by atoms with Gasteiger partial charge in [-0.25, -0.2) is 9.78 Å². The second-order valence-corrected chi connectivity index (χ2v) is 5.81. The second-order valence-electron chi connectivity index (χ2n) is 5.41. The van der Waals surface area contributed by atoms with Crippen LogP contribution < -0.4 is 4.90 Å². The van der Waals surface area contributed by atoms with Gasteiger partial charge in [0.1, 0.15) is 17.2 Å². The van der Waals surface area contributed by atoms with Crippen LogP contribution in [0.5, 0.6) is 5.75 Å². The van der Waals surface area contributed by atoms with Gasteiger partial charge in [0.2, 0.25) is 0 Å². The Bertz CT molecular complexity index is 807. The van der Waals surface area contributed by atoms with Crippen LogP contribution in [0.3, 0.4) is 0 Å². The minimum atomic E-state index is -1.19. The lowest BCUT2D eigenvalue weighted by atomic mass is 9.86. The number of halogens is 1. The zero-order chi connectivity index (χ0) is 17.3. The number of phenols is 1. The van der Waals surface area contributed by atoms with Crippen molar-refractivity contribution in [1.82, 2.24) is 4.98 Å². The third kappa shape index (κ3) is 2.89. The number of benzene rings is 1. The zero-order valence-corrected chi connectivity index (χ0v) is 13.0. The summed E-state index contributed by atoms with van der Waals surface area (Å²) in [7, 11) is 0. The van der Waals surface area contributed by atoms with Gasteiger partial charge in [0.25, 0.3) is 0 Å². The molecular weight excluding hydrogens is 338 g/mol. The predicted octanol–water partition coefficient (Wildman–Crippen LogP) is 1.99. The van der Waals surface area contributed by atoms with Crippen molar-refractivity contribution in [3.05, 3.63) is 57.6 Å². The number of β-amino-alcohol motifs (C(OH)–C–C–N with tert-alkyl or cyclic N) is 1. The van der Waals surface area contributed by atoms with Crippen LogP contribution in [0.15, 0.2) is 41.9 Å². The molecule has 1 aliphatic heterocycles. The first-order valence-electron chi connectivity index (χ1n) is 6.89. The van der Waals surface area contributed by atoms with Crippen molar-refractivity contribution in [2.24, 2.45) is 5.34 Å². The van der Waals surface area contributed by atoms with Gasteiger partial charge in [-0.2, -0.15) is 0 Å². The van der Waals surface area contributed by atoms with Crippen LogP contribution >= 0.6 is 11.6 Å². The molecule has 24 heavy (non-hydrogen) atoms. The minimum absolute atomic E-state index is 0.0141. The lowest BCUT2D eigenvalue weighted by Gasteiger charge is -2.47. The summed E-state index contributed by atoms with van der Waals surface area (Å²) in [4.78, 5) is 31.4. The van der Waals surface area contributed by atoms with Crippen molar-refractivity contribution < 1.29 is 19.8 Å². The molecule has 1 aliphatic rings. The molecule has 0 amide bonds. The van der Waals surface area contributed by atoms with E-state index in [0.717, 1.165) is 0 Å². The van der Waals surface area contributed by atoms with Crippen molar-refractivity contribution in [2.75, 3.05) is 18.0 Å². The van der Waals surface area contributed by atoms with Crippen molar-refractivity contribution in [1.29, 1.82) is 0 Å². The van der Waals surface area contributed by atoms with E-state index in [4.69, 9.17) is 11.6 Å². The van der Waals surface area contributed by atoms with E-state index in [9.17, 15) is 19.9 Å². The van der Waals surface area contributed by atoms with Crippen molar-refractivity contribution in [3.8, 4) is 5.75 Å². The third-order valence-corrected chi connectivity index (χ3v) is 4.10. The smallest absolute Gasteiger partial charge is 0.369 e. The van der Waals surface area contributed by atoms with Gasteiger partial charge in [-0.3, -0.25) is 4.84 Å². The van der Waals surface area contributed by atoms with Crippen LogP contribution in [-0.4, -0.2) is 34.3 Å². The monoisotopic (exact) mass is 349 g/mol. The van der Waals surface area contributed by atoms with E-state index in [-0.39, 0.29) is 29.4 Å². The molecule has 9 heteroatoms. The lowest BCUT2D eigenvalue weighted by molar-refractivity contribution is 0.00713. The molecule has 1 aromatic carbocycles. The van der Waals surface area contributed by atoms with Gasteiger partial charge < -0.3 is 15.1 Å². The Morgan fingerprint density at radius 3 is 2.75 bits per heavy atom. The molecule has 0 spiro atoms. The summed E-state index contributed by atoms with van der Waals surface area (Å²) in [6.45, 7) is 0.407. The standard InChI is InChI=1S/C15H12ClN3O5/c16-12-6-10(20)1-2-11(12)15(22)7-19(8-15)13-5-9(3-4-17-13)14(21)24-18-23/h1-6,20,22H,7-8H2. The quantitative estimate of drug-likeness (QED) is 0.641. The first-order chi connectivity index (χ1) is 11.4. The number of aromatic nitrogens is 1. The number of anilines is 1. The van der Waals surface area contributed by atoms with Crippen molar-refractivity contribution in [3.63, 3.8) is 0 Å². The predicted molar refractivity (Wildman–Crippen MR) is 84.7 cm³/mol. The average Bonchev–Trinajstić information content (AvgIpc) is 2.52. The summed E-state index contributed by atoms with van der Waals surface area (Å²) in [6.07, 6.45) is 1.39. The zero-order valence-electron chi connectivity index (χ0n) is 12.2. The number of pyridine rings is 1. The van der Waals surface area contributed by atoms with Crippen molar-refractivity contribution >= 4 is 23.4 Å². The number of hydrogen-bond donors (Lipinski definition) is 2. The first-order valence-corrected chi connectivity index (χ1v) is 7.27. The van der Waals surface area contributed by atoms with Crippen LogP contribution in [0.2, 0.25) is 5.02 Å². The molecule has 0 bridgehead atoms. The molecule has 3 rings (SSSR count). The maximum absolute atomic E-state index is 11.5. The number of carbonyl (C=O) groups is 1. The molecule has 0 radical (unpaired) electrons. The van der Waals surface area contributed by atoms with Crippen LogP contribution in [0, 0.1) is 4.91 Å². The van der Waals surface area contributed by atoms with Gasteiger partial charge in [-0.15, -0.1) is 4.91 Å². The Morgan fingerprint density at radius 1 is 1.33 bits per heavy atom. The highest BCUT2D eigenvalue weighted by Gasteiger charge is 2.44. The molecule has 0 aliphatic carbocycles. The van der Waals surface area contributed by atoms with E-state index in [1.165, 1.54) is 30.5 Å². The van der Waals surface area contributed by atoms with Gasteiger partial charge in [-0.05, 0) is 24.3 Å². The van der Waals surface area contributed by atoms with Gasteiger partial charge in [-0.1, -0.05) is 17.7 Å². The number of phenolic OH excluding ortho intramolecular Hbond substituents is 1. The van der Waals surface area contributed by atoms with E-state index in [1.54, 1.807) is 11.0 Å². The molecule has 1 saturated heterocycles. The van der Waals surface area contributed by atoms with Gasteiger partial charge in [0.05, 0.1) is 23.7 Å². The Kier molecular flexibility index (Phi) is 4.08. The number of carbonyl (C=O) groups excluding carboxylic acids is 1. The highest BCUT2D eigenvalue weighted by Crippen LogP contribution is 2.39. The molecule has 124 valence electrons. The number of nitrogens with zero attached hydrogens (tertiary/aromatic N) is 3. The Morgan fingerprint density at radius 2 is 2.08 bits per heavy atom. The molecule has 0 unspecified atom stereocenters. The van der Waals surface area contributed by atoms with Crippen LogP contribution in [0.4, 0.5) is 5.82 Å². The van der Waals surface area contributed by atoms with Gasteiger partial charge in [0.15, 0.2) is 5.34 Å². The van der Waals surface area contributed by atoms with Crippen molar-refractivity contribution in [2.45, 2.75) is 5.60 Å². The number of rotatable bonds is 4. The highest BCUT2D eigenvalue weighted by molar-refractivity contribution is 6.31. The normalized spacial score (nSPS) is 15.5. The fraction of sp³-hybridized carbons (Fsp3) is 0.200. The molecular formula is C15H12ClN3O5. The number of aromatic hydroxyl groups is 1. The lowest BCUT2D eigenvalue weighted by Crippen LogP contribution is -2.60. The fourth-order valence-corrected chi connectivity index (χ4v) is 2.95. The molecule has 2 aromatic rings. The molecule has 1 aromatic heterocycles. The first kappa shape index (κ1) is 16.2. The molecule has 0 saturated carbocycles. The number of hydrogen-bond acceptors (Lipinski definition) is 8. The minimum Gasteiger partial charge on any atom is -0.508 e. The van der Waals surface area contributed by atoms with E-state index in [2.05, 4.69) is 15.2 Å². The molecule has 1 fully saturated rings. The fourth-order valence-electron chi connectivity index (χ4n) is 2.60. The van der Waals surface area contributed by atoms with Gasteiger partial charge >= 0.3 is 5.97 Å². The average molecular weight is 350 g/mol. The maximum atomic E-state index is 11.5. The summed E-state index contributed by atoms with van der Waals surface area (Å²) in [5, 5.41) is 22.4. The summed E-state index contributed by atoms with van der Waals surface area (Å²) < 4.78 is 0.